The van der Waals surface area contributed by atoms with E-state index in [1.807, 2.05) is 5.80 Å². The molecule has 3 aromatic rings. The highest BCUT2D eigenvalue weighted by atomic mass is 32.2. The summed E-state index contributed by atoms with van der Waals surface area (Å²) in [4.78, 5) is 0. The summed E-state index contributed by atoms with van der Waals surface area (Å²) in [7, 11) is -3.94. The van der Waals surface area contributed by atoms with Crippen molar-refractivity contribution in [3.05, 3.63) is 76.8 Å². The predicted molar refractivity (Wildman–Crippen MR) is 93.4 cm³/mol. The molecule has 1 unspecified atom stereocenters. The molecule has 0 spiro atoms. The van der Waals surface area contributed by atoms with Gasteiger partial charge in [0.05, 0.1) is 10.9 Å². The quantitative estimate of drug-likeness (QED) is 0.631. The molecule has 25 heavy (non-hydrogen) atoms. The average Bonchev–Trinajstić information content (AvgIpc) is 2.60. The molecule has 7 heteroatoms. The van der Waals surface area contributed by atoms with Crippen LogP contribution >= 0.6 is 8.19 Å². The van der Waals surface area contributed by atoms with Crippen molar-refractivity contribution in [1.82, 2.24) is 0 Å². The predicted octanol–water partition coefficient (Wildman–Crippen LogP) is 4.66. The minimum Gasteiger partial charge on any atom is -0.456 e. The number of hydrogen-bond donors (Lipinski definition) is 1. The fourth-order valence-corrected chi connectivity index (χ4v) is 6.36. The molecule has 0 amide bonds. The van der Waals surface area contributed by atoms with Crippen molar-refractivity contribution in [2.45, 2.75) is 4.75 Å². The van der Waals surface area contributed by atoms with Crippen molar-refractivity contribution < 1.29 is 22.4 Å². The van der Waals surface area contributed by atoms with E-state index in [0.717, 1.165) is 0 Å². The number of para-hydroxylation sites is 1. The van der Waals surface area contributed by atoms with Gasteiger partial charge < -0.3 is 9.47 Å². The summed E-state index contributed by atoms with van der Waals surface area (Å²) in [6.07, 6.45) is 0. The largest absolute Gasteiger partial charge is 0.456 e. The lowest BCUT2D eigenvalue weighted by Gasteiger charge is -2.41. The van der Waals surface area contributed by atoms with Crippen molar-refractivity contribution in [2.75, 3.05) is 0 Å². The number of hydrogen-bond acceptors (Lipinski definition) is 4. The summed E-state index contributed by atoms with van der Waals surface area (Å²) in [5, 5.41) is 0.466. The van der Waals surface area contributed by atoms with Crippen LogP contribution in [0.15, 0.2) is 60.4 Å². The van der Waals surface area contributed by atoms with E-state index in [1.165, 1.54) is 0 Å². The minimum atomic E-state index is -4.58. The average molecular weight is 370 g/mol. The molecule has 0 aliphatic carbocycles. The van der Waals surface area contributed by atoms with E-state index in [2.05, 4.69) is 0 Å². The molecule has 2 aromatic carbocycles. The zero-order chi connectivity index (χ0) is 17.2. The summed E-state index contributed by atoms with van der Waals surface area (Å²) in [6.45, 7) is 0. The summed E-state index contributed by atoms with van der Waals surface area (Å²) >= 11 is 0. The van der Waals surface area contributed by atoms with Crippen molar-refractivity contribution in [1.29, 1.82) is 0 Å². The molecule has 2 aliphatic rings. The van der Waals surface area contributed by atoms with Crippen LogP contribution < -0.4 is 9.47 Å². The maximum atomic E-state index is 12.9. The van der Waals surface area contributed by atoms with E-state index in [0.29, 0.717) is 47.6 Å². The Morgan fingerprint density at radius 2 is 1.48 bits per heavy atom. The first kappa shape index (κ1) is 14.9. The van der Waals surface area contributed by atoms with Crippen LogP contribution in [0, 0.1) is 0 Å². The van der Waals surface area contributed by atoms with Crippen LogP contribution in [-0.4, -0.2) is 13.0 Å². The third-order valence-corrected chi connectivity index (χ3v) is 7.23. The monoisotopic (exact) mass is 370 g/mol. The third kappa shape index (κ3) is 1.76. The Balaban J connectivity index is 2.06. The normalized spacial score (nSPS) is 20.0. The van der Waals surface area contributed by atoms with Gasteiger partial charge in [-0.15, -0.1) is 0 Å². The smallest absolute Gasteiger partial charge is 0.284 e. The second kappa shape index (κ2) is 4.82. The standard InChI is InChI=1S/C18H11O5PS/c19-25(20,21)18-11-5-1-2-6-12(11)22-13-7-3-8-14(16(13)18)23-15-9-4-10-24-17(15)18/h1-10H,(H,19,20,21). The van der Waals surface area contributed by atoms with Gasteiger partial charge in [-0.3, -0.25) is 4.55 Å². The Hall–Kier alpha value is -2.40. The van der Waals surface area contributed by atoms with Crippen LogP contribution in [0.2, 0.25) is 0 Å². The Morgan fingerprint density at radius 1 is 0.840 bits per heavy atom. The summed E-state index contributed by atoms with van der Waals surface area (Å²) < 4.78 is 46.3. The molecule has 124 valence electrons. The van der Waals surface area contributed by atoms with Crippen LogP contribution in [0.25, 0.3) is 0 Å². The first-order chi connectivity index (χ1) is 12.0. The Kier molecular flexibility index (Phi) is 2.87. The zero-order valence-electron chi connectivity index (χ0n) is 12.7. The second-order valence-corrected chi connectivity index (χ2v) is 8.40. The highest BCUT2D eigenvalue weighted by Gasteiger charge is 2.58. The summed E-state index contributed by atoms with van der Waals surface area (Å²) in [5.41, 5.74) is 0.718. The maximum Gasteiger partial charge on any atom is 0.284 e. The van der Waals surface area contributed by atoms with Gasteiger partial charge in [-0.25, -0.2) is 0 Å². The molecule has 1 N–H and O–H groups in total. The van der Waals surface area contributed by atoms with Gasteiger partial charge in [0.1, 0.15) is 23.0 Å². The van der Waals surface area contributed by atoms with Crippen LogP contribution in [-0.2, 0) is 14.9 Å². The maximum absolute atomic E-state index is 12.9. The highest BCUT2D eigenvalue weighted by molar-refractivity contribution is 7.87. The minimum absolute atomic E-state index is 0.325. The van der Waals surface area contributed by atoms with E-state index < -0.39 is 14.9 Å². The Bertz CT molecular complexity index is 1070. The fraction of sp³-hybridized carbons (Fsp3) is 0.0556. The summed E-state index contributed by atoms with van der Waals surface area (Å²) in [5.74, 6) is 3.39. The molecule has 0 bridgehead atoms. The number of benzene rings is 2. The molecule has 1 atom stereocenters. The van der Waals surface area contributed by atoms with Gasteiger partial charge in [0.2, 0.25) is 0 Å². The van der Waals surface area contributed by atoms with Crippen molar-refractivity contribution >= 4 is 18.3 Å². The second-order valence-electron chi connectivity index (χ2n) is 5.84. The van der Waals surface area contributed by atoms with E-state index in [1.54, 1.807) is 54.6 Å². The number of rotatable bonds is 1. The first-order valence-electron chi connectivity index (χ1n) is 7.55. The SMILES string of the molecule is O=S(=O)(O)C12c3ccccc3Oc3cccc(c31)Oc1cccpc12. The molecule has 0 saturated carbocycles. The molecular formula is C18H11O5PS. The molecule has 5 nitrogen and oxygen atoms in total. The van der Waals surface area contributed by atoms with Gasteiger partial charge in [-0.1, -0.05) is 38.5 Å². The lowest BCUT2D eigenvalue weighted by atomic mass is 9.83. The van der Waals surface area contributed by atoms with E-state index in [9.17, 15) is 13.0 Å². The van der Waals surface area contributed by atoms with E-state index >= 15 is 0 Å². The van der Waals surface area contributed by atoms with Crippen LogP contribution in [0.4, 0.5) is 0 Å². The van der Waals surface area contributed by atoms with Gasteiger partial charge in [0.15, 0.2) is 4.75 Å². The molecule has 5 rings (SSSR count). The lowest BCUT2D eigenvalue weighted by molar-refractivity contribution is 0.382. The van der Waals surface area contributed by atoms with Crippen molar-refractivity contribution in [3.63, 3.8) is 0 Å². The van der Waals surface area contributed by atoms with Crippen molar-refractivity contribution in [2.24, 2.45) is 0 Å². The molecule has 1 aromatic heterocycles. The zero-order valence-corrected chi connectivity index (χ0v) is 14.4. The molecular weight excluding hydrogens is 359 g/mol. The van der Waals surface area contributed by atoms with E-state index in [4.69, 9.17) is 9.47 Å². The van der Waals surface area contributed by atoms with Gasteiger partial charge in [0.25, 0.3) is 10.1 Å². The fourth-order valence-electron chi connectivity index (χ4n) is 3.62. The Labute approximate surface area is 145 Å². The van der Waals surface area contributed by atoms with Gasteiger partial charge >= 0.3 is 0 Å². The molecule has 0 saturated heterocycles. The van der Waals surface area contributed by atoms with E-state index in [-0.39, 0.29) is 0 Å². The first-order valence-corrected chi connectivity index (χ1v) is 9.95. The van der Waals surface area contributed by atoms with Crippen LogP contribution in [0.5, 0.6) is 23.0 Å². The van der Waals surface area contributed by atoms with Crippen LogP contribution in [0.1, 0.15) is 16.4 Å². The van der Waals surface area contributed by atoms with Gasteiger partial charge in [-0.05, 0) is 30.1 Å². The molecule has 2 aliphatic heterocycles. The molecule has 0 radical (unpaired) electrons. The third-order valence-electron chi connectivity index (χ3n) is 4.54. The molecule has 0 fully saturated rings. The van der Waals surface area contributed by atoms with Gasteiger partial charge in [-0.2, -0.15) is 8.42 Å². The molecule has 3 heterocycles. The topological polar surface area (TPSA) is 72.8 Å². The lowest BCUT2D eigenvalue weighted by Crippen LogP contribution is -2.41. The summed E-state index contributed by atoms with van der Waals surface area (Å²) in [6, 6.07) is 15.5. The van der Waals surface area contributed by atoms with Gasteiger partial charge in [0, 0.05) is 5.56 Å². The number of ether oxygens (including phenoxy) is 2. The van der Waals surface area contributed by atoms with Crippen molar-refractivity contribution in [3.8, 4) is 23.0 Å². The van der Waals surface area contributed by atoms with Crippen LogP contribution in [0.3, 0.4) is 0 Å². The highest BCUT2D eigenvalue weighted by Crippen LogP contribution is 2.63. The Morgan fingerprint density at radius 3 is 2.24 bits per heavy atom. The number of fused-ring (bicyclic) bond motifs is 4.